The molecule has 36 heavy (non-hydrogen) atoms. The number of carbonyl (C=O) groups is 3. The lowest BCUT2D eigenvalue weighted by Crippen LogP contribution is -2.52. The van der Waals surface area contributed by atoms with Gasteiger partial charge in [-0.15, -0.1) is 0 Å². The number of Topliss-reactive ketones (excluding diaryl/α,β-unsaturated/α-hetero) is 1. The van der Waals surface area contributed by atoms with Gasteiger partial charge in [-0.2, -0.15) is 0 Å². The molecule has 8 nitrogen and oxygen atoms in total. The van der Waals surface area contributed by atoms with Crippen molar-refractivity contribution in [2.75, 3.05) is 17.1 Å². The number of hydrogen-bond donors (Lipinski definition) is 1. The summed E-state index contributed by atoms with van der Waals surface area (Å²) < 4.78 is 26.2. The Labute approximate surface area is 222 Å². The molecule has 0 aromatic heterocycles. The second kappa shape index (κ2) is 12.6. The van der Waals surface area contributed by atoms with E-state index in [4.69, 9.17) is 23.2 Å². The summed E-state index contributed by atoms with van der Waals surface area (Å²) >= 11 is 12.2. The number of nitrogens with one attached hydrogen (secondary N) is 1. The maximum atomic E-state index is 13.6. The number of amides is 2. The second-order valence-electron chi connectivity index (χ2n) is 8.64. The van der Waals surface area contributed by atoms with Crippen LogP contribution in [-0.2, 0) is 26.2 Å². The molecular formula is C25H31Cl2N3O5S. The summed E-state index contributed by atoms with van der Waals surface area (Å²) in [4.78, 5) is 39.6. The number of nitrogens with zero attached hydrogens (tertiary/aromatic N) is 2. The molecule has 0 unspecified atom stereocenters. The molecule has 2 amide bonds. The minimum atomic E-state index is -3.91. The predicted octanol–water partition coefficient (Wildman–Crippen LogP) is 4.29. The van der Waals surface area contributed by atoms with Crippen LogP contribution in [0, 0.1) is 0 Å². The van der Waals surface area contributed by atoms with Crippen molar-refractivity contribution >= 4 is 56.5 Å². The van der Waals surface area contributed by atoms with Crippen LogP contribution >= 0.6 is 23.2 Å². The van der Waals surface area contributed by atoms with E-state index in [0.717, 1.165) is 10.6 Å². The fraction of sp³-hybridized carbons (Fsp3) is 0.400. The number of benzene rings is 2. The van der Waals surface area contributed by atoms with Gasteiger partial charge < -0.3 is 10.2 Å². The first-order chi connectivity index (χ1) is 16.7. The first-order valence-electron chi connectivity index (χ1n) is 11.4. The molecule has 1 N–H and O–H groups in total. The molecule has 2 aromatic carbocycles. The zero-order valence-electron chi connectivity index (χ0n) is 20.9. The highest BCUT2D eigenvalue weighted by Gasteiger charge is 2.30. The molecule has 2 rings (SSSR count). The first kappa shape index (κ1) is 29.6. The van der Waals surface area contributed by atoms with Gasteiger partial charge in [-0.1, -0.05) is 48.3 Å². The standard InChI is InChI=1S/C25H31Cl2N3O5S/c1-6-16(2)28-25(33)17(3)29(14-19-10-11-22(26)23(27)12-19)24(32)15-30(36(5,34)35)21-9-7-8-20(13-21)18(4)31/h7-13,16-17H,6,14-15H2,1-5H3,(H,28,33)/t16-,17+/m1/s1. The highest BCUT2D eigenvalue weighted by atomic mass is 35.5. The Morgan fingerprint density at radius 3 is 2.25 bits per heavy atom. The molecule has 0 aliphatic heterocycles. The van der Waals surface area contributed by atoms with E-state index < -0.39 is 28.5 Å². The van der Waals surface area contributed by atoms with Crippen LogP contribution in [0.3, 0.4) is 0 Å². The van der Waals surface area contributed by atoms with E-state index >= 15 is 0 Å². The molecule has 11 heteroatoms. The predicted molar refractivity (Wildman–Crippen MR) is 143 cm³/mol. The molecule has 0 bridgehead atoms. The monoisotopic (exact) mass is 555 g/mol. The van der Waals surface area contributed by atoms with Gasteiger partial charge in [0.2, 0.25) is 21.8 Å². The van der Waals surface area contributed by atoms with Crippen molar-refractivity contribution in [2.45, 2.75) is 52.7 Å². The van der Waals surface area contributed by atoms with E-state index in [1.807, 2.05) is 13.8 Å². The molecular weight excluding hydrogens is 525 g/mol. The highest BCUT2D eigenvalue weighted by Crippen LogP contribution is 2.25. The van der Waals surface area contributed by atoms with Gasteiger partial charge in [0.15, 0.2) is 5.78 Å². The molecule has 0 fully saturated rings. The number of carbonyl (C=O) groups excluding carboxylic acids is 3. The van der Waals surface area contributed by atoms with Gasteiger partial charge in [0, 0.05) is 18.2 Å². The van der Waals surface area contributed by atoms with Crippen LogP contribution in [0.2, 0.25) is 10.0 Å². The normalized spacial score (nSPS) is 13.0. The molecule has 0 radical (unpaired) electrons. The van der Waals surface area contributed by atoms with E-state index in [1.54, 1.807) is 37.3 Å². The van der Waals surface area contributed by atoms with Crippen LogP contribution in [0.15, 0.2) is 42.5 Å². The number of hydrogen-bond acceptors (Lipinski definition) is 5. The van der Waals surface area contributed by atoms with E-state index in [-0.39, 0.29) is 35.0 Å². The fourth-order valence-corrected chi connectivity index (χ4v) is 4.54. The van der Waals surface area contributed by atoms with Crippen molar-refractivity contribution < 1.29 is 22.8 Å². The second-order valence-corrected chi connectivity index (χ2v) is 11.4. The number of anilines is 1. The van der Waals surface area contributed by atoms with Gasteiger partial charge in [0.1, 0.15) is 12.6 Å². The highest BCUT2D eigenvalue weighted by molar-refractivity contribution is 7.92. The lowest BCUT2D eigenvalue weighted by atomic mass is 10.1. The third-order valence-electron chi connectivity index (χ3n) is 5.73. The minimum Gasteiger partial charge on any atom is -0.352 e. The molecule has 0 heterocycles. The van der Waals surface area contributed by atoms with Crippen molar-refractivity contribution in [3.8, 4) is 0 Å². The SMILES string of the molecule is CC[C@@H](C)NC(=O)[C@H](C)N(Cc1ccc(Cl)c(Cl)c1)C(=O)CN(c1cccc(C(C)=O)c1)S(C)(=O)=O. The number of ketones is 1. The van der Waals surface area contributed by atoms with Gasteiger partial charge in [0.05, 0.1) is 22.0 Å². The van der Waals surface area contributed by atoms with Crippen LogP contribution in [0.4, 0.5) is 5.69 Å². The Morgan fingerprint density at radius 1 is 1.03 bits per heavy atom. The van der Waals surface area contributed by atoms with Crippen LogP contribution in [-0.4, -0.2) is 55.8 Å². The van der Waals surface area contributed by atoms with Crippen LogP contribution in [0.25, 0.3) is 0 Å². The molecule has 0 aliphatic rings. The zero-order valence-corrected chi connectivity index (χ0v) is 23.2. The largest absolute Gasteiger partial charge is 0.352 e. The van der Waals surface area contributed by atoms with Gasteiger partial charge >= 0.3 is 0 Å². The molecule has 0 saturated heterocycles. The molecule has 0 aliphatic carbocycles. The maximum absolute atomic E-state index is 13.6. The molecule has 0 spiro atoms. The quantitative estimate of drug-likeness (QED) is 0.416. The number of sulfonamides is 1. The fourth-order valence-electron chi connectivity index (χ4n) is 3.38. The lowest BCUT2D eigenvalue weighted by Gasteiger charge is -2.32. The Kier molecular flexibility index (Phi) is 10.3. The summed E-state index contributed by atoms with van der Waals surface area (Å²) in [5.41, 5.74) is 1.10. The molecule has 0 saturated carbocycles. The number of halogens is 2. The van der Waals surface area contributed by atoms with E-state index in [0.29, 0.717) is 22.6 Å². The molecule has 2 atom stereocenters. The van der Waals surface area contributed by atoms with Crippen LogP contribution < -0.4 is 9.62 Å². The molecule has 2 aromatic rings. The topological polar surface area (TPSA) is 104 Å². The summed E-state index contributed by atoms with van der Waals surface area (Å²) in [5, 5.41) is 3.49. The summed E-state index contributed by atoms with van der Waals surface area (Å²) in [6.07, 6.45) is 1.68. The first-order valence-corrected chi connectivity index (χ1v) is 14.0. The Bertz CT molecular complexity index is 1240. The van der Waals surface area contributed by atoms with Crippen molar-refractivity contribution in [1.29, 1.82) is 0 Å². The maximum Gasteiger partial charge on any atom is 0.244 e. The zero-order chi connectivity index (χ0) is 27.2. The van der Waals surface area contributed by atoms with E-state index in [9.17, 15) is 22.8 Å². The minimum absolute atomic E-state index is 0.00407. The smallest absolute Gasteiger partial charge is 0.244 e. The van der Waals surface area contributed by atoms with Gasteiger partial charge in [-0.25, -0.2) is 8.42 Å². The summed E-state index contributed by atoms with van der Waals surface area (Å²) in [5.74, 6) is -1.22. The third-order valence-corrected chi connectivity index (χ3v) is 7.60. The van der Waals surface area contributed by atoms with Gasteiger partial charge in [-0.05, 0) is 57.0 Å². The summed E-state index contributed by atoms with van der Waals surface area (Å²) in [6.45, 7) is 6.15. The van der Waals surface area contributed by atoms with E-state index in [1.165, 1.54) is 24.0 Å². The Morgan fingerprint density at radius 2 is 1.69 bits per heavy atom. The lowest BCUT2D eigenvalue weighted by molar-refractivity contribution is -0.139. The summed E-state index contributed by atoms with van der Waals surface area (Å²) in [7, 11) is -3.91. The van der Waals surface area contributed by atoms with Crippen LogP contribution in [0.1, 0.15) is 50.0 Å². The van der Waals surface area contributed by atoms with Gasteiger partial charge in [-0.3, -0.25) is 18.7 Å². The molecule has 196 valence electrons. The Hall–Kier alpha value is -2.62. The third kappa shape index (κ3) is 7.94. The van der Waals surface area contributed by atoms with Crippen molar-refractivity contribution in [3.05, 3.63) is 63.6 Å². The van der Waals surface area contributed by atoms with Crippen molar-refractivity contribution in [3.63, 3.8) is 0 Å². The Balaban J connectivity index is 2.45. The van der Waals surface area contributed by atoms with Crippen molar-refractivity contribution in [1.82, 2.24) is 10.2 Å². The van der Waals surface area contributed by atoms with Crippen LogP contribution in [0.5, 0.6) is 0 Å². The average Bonchev–Trinajstić information content (AvgIpc) is 2.81. The van der Waals surface area contributed by atoms with Gasteiger partial charge in [0.25, 0.3) is 0 Å². The van der Waals surface area contributed by atoms with E-state index in [2.05, 4.69) is 5.32 Å². The van der Waals surface area contributed by atoms with Crippen molar-refractivity contribution in [2.24, 2.45) is 0 Å². The average molecular weight is 557 g/mol. The summed E-state index contributed by atoms with van der Waals surface area (Å²) in [6, 6.07) is 9.86. The number of rotatable bonds is 11.